The number of hydrogen-bond acceptors (Lipinski definition) is 3. The Hall–Kier alpha value is -1.58. The molecular formula is C16H17NOS. The van der Waals surface area contributed by atoms with Gasteiger partial charge in [-0.25, -0.2) is 0 Å². The molecule has 0 radical (unpaired) electrons. The maximum atomic E-state index is 5.82. The van der Waals surface area contributed by atoms with Crippen molar-refractivity contribution in [1.29, 1.82) is 0 Å². The zero-order chi connectivity index (χ0) is 13.2. The van der Waals surface area contributed by atoms with Crippen molar-refractivity contribution in [3.63, 3.8) is 0 Å². The summed E-state index contributed by atoms with van der Waals surface area (Å²) in [7, 11) is 0. The van der Waals surface area contributed by atoms with Crippen LogP contribution in [0.1, 0.15) is 30.0 Å². The Bertz CT molecular complexity index is 683. The quantitative estimate of drug-likeness (QED) is 0.755. The molecule has 0 aliphatic rings. The van der Waals surface area contributed by atoms with Crippen LogP contribution in [0.25, 0.3) is 10.1 Å². The van der Waals surface area contributed by atoms with Crippen molar-refractivity contribution in [1.82, 2.24) is 5.32 Å². The van der Waals surface area contributed by atoms with E-state index in [1.807, 2.05) is 13.0 Å². The Balaban J connectivity index is 2.11. The van der Waals surface area contributed by atoms with Crippen LogP contribution in [0.3, 0.4) is 0 Å². The molecule has 1 atom stereocenters. The standard InChI is InChI=1S/C16H17NOS/c1-3-17-15(14-8-7-11(2)18-14)13-6-4-5-12-9-10-19-16(12)13/h4-10,15,17H,3H2,1-2H3. The molecule has 2 heterocycles. The van der Waals surface area contributed by atoms with Gasteiger partial charge in [-0.2, -0.15) is 0 Å². The maximum absolute atomic E-state index is 5.82. The molecule has 3 heteroatoms. The van der Waals surface area contributed by atoms with Crippen LogP contribution in [0.5, 0.6) is 0 Å². The van der Waals surface area contributed by atoms with Crippen molar-refractivity contribution in [2.45, 2.75) is 19.9 Å². The minimum absolute atomic E-state index is 0.126. The van der Waals surface area contributed by atoms with Crippen LogP contribution in [0.4, 0.5) is 0 Å². The van der Waals surface area contributed by atoms with Gasteiger partial charge in [0.1, 0.15) is 11.5 Å². The average molecular weight is 271 g/mol. The fourth-order valence-corrected chi connectivity index (χ4v) is 3.36. The predicted molar refractivity (Wildman–Crippen MR) is 80.8 cm³/mol. The highest BCUT2D eigenvalue weighted by Gasteiger charge is 2.19. The van der Waals surface area contributed by atoms with E-state index in [9.17, 15) is 0 Å². The van der Waals surface area contributed by atoms with Crippen LogP contribution in [0.15, 0.2) is 46.2 Å². The molecule has 3 aromatic rings. The van der Waals surface area contributed by atoms with Crippen molar-refractivity contribution < 1.29 is 4.42 Å². The summed E-state index contributed by atoms with van der Waals surface area (Å²) in [6.45, 7) is 5.02. The van der Waals surface area contributed by atoms with Crippen molar-refractivity contribution in [2.24, 2.45) is 0 Å². The first-order chi connectivity index (χ1) is 9.29. The Morgan fingerprint density at radius 2 is 2.11 bits per heavy atom. The highest BCUT2D eigenvalue weighted by molar-refractivity contribution is 7.17. The number of nitrogens with one attached hydrogen (secondary N) is 1. The summed E-state index contributed by atoms with van der Waals surface area (Å²) in [5, 5.41) is 6.97. The largest absolute Gasteiger partial charge is 0.464 e. The van der Waals surface area contributed by atoms with Gasteiger partial charge in [0, 0.05) is 4.70 Å². The Kier molecular flexibility index (Phi) is 3.40. The number of hydrogen-bond donors (Lipinski definition) is 1. The molecule has 0 fully saturated rings. The van der Waals surface area contributed by atoms with Crippen molar-refractivity contribution in [3.05, 3.63) is 58.9 Å². The summed E-state index contributed by atoms with van der Waals surface area (Å²) < 4.78 is 7.16. The van der Waals surface area contributed by atoms with Crippen LogP contribution >= 0.6 is 11.3 Å². The molecule has 98 valence electrons. The zero-order valence-corrected chi connectivity index (χ0v) is 12.0. The van der Waals surface area contributed by atoms with E-state index in [-0.39, 0.29) is 6.04 Å². The molecule has 19 heavy (non-hydrogen) atoms. The van der Waals surface area contributed by atoms with E-state index in [0.717, 1.165) is 18.1 Å². The molecule has 0 spiro atoms. The highest BCUT2D eigenvalue weighted by Crippen LogP contribution is 2.32. The lowest BCUT2D eigenvalue weighted by atomic mass is 10.0. The lowest BCUT2D eigenvalue weighted by Crippen LogP contribution is -2.21. The van der Waals surface area contributed by atoms with Gasteiger partial charge in [0.05, 0.1) is 6.04 Å². The minimum Gasteiger partial charge on any atom is -0.464 e. The van der Waals surface area contributed by atoms with E-state index in [2.05, 4.69) is 48.0 Å². The van der Waals surface area contributed by atoms with Crippen molar-refractivity contribution >= 4 is 21.4 Å². The molecule has 1 aromatic carbocycles. The van der Waals surface area contributed by atoms with Gasteiger partial charge in [0.15, 0.2) is 0 Å². The third-order valence-electron chi connectivity index (χ3n) is 3.27. The molecule has 0 amide bonds. The van der Waals surface area contributed by atoms with Crippen LogP contribution in [0.2, 0.25) is 0 Å². The summed E-state index contributed by atoms with van der Waals surface area (Å²) in [5.41, 5.74) is 1.30. The molecule has 0 aliphatic carbocycles. The second-order valence-electron chi connectivity index (χ2n) is 4.63. The van der Waals surface area contributed by atoms with E-state index < -0.39 is 0 Å². The molecule has 0 aliphatic heterocycles. The molecule has 0 saturated carbocycles. The summed E-state index contributed by atoms with van der Waals surface area (Å²) in [6, 6.07) is 12.8. The monoisotopic (exact) mass is 271 g/mol. The fraction of sp³-hybridized carbons (Fsp3) is 0.250. The average Bonchev–Trinajstić information content (AvgIpc) is 3.04. The number of aryl methyl sites for hydroxylation is 1. The molecular weight excluding hydrogens is 254 g/mol. The van der Waals surface area contributed by atoms with Crippen LogP contribution in [-0.4, -0.2) is 6.54 Å². The smallest absolute Gasteiger partial charge is 0.125 e. The van der Waals surface area contributed by atoms with E-state index in [1.165, 1.54) is 15.6 Å². The Morgan fingerprint density at radius 1 is 1.21 bits per heavy atom. The van der Waals surface area contributed by atoms with Gasteiger partial charge < -0.3 is 9.73 Å². The van der Waals surface area contributed by atoms with E-state index >= 15 is 0 Å². The number of furan rings is 1. The number of thiophene rings is 1. The van der Waals surface area contributed by atoms with Gasteiger partial charge in [0.2, 0.25) is 0 Å². The lowest BCUT2D eigenvalue weighted by Gasteiger charge is -2.17. The third-order valence-corrected chi connectivity index (χ3v) is 4.25. The molecule has 1 N–H and O–H groups in total. The van der Waals surface area contributed by atoms with E-state index in [1.54, 1.807) is 11.3 Å². The number of fused-ring (bicyclic) bond motifs is 1. The molecule has 2 aromatic heterocycles. The van der Waals surface area contributed by atoms with Gasteiger partial charge in [-0.1, -0.05) is 25.1 Å². The Labute approximate surface area is 117 Å². The molecule has 1 unspecified atom stereocenters. The summed E-state index contributed by atoms with van der Waals surface area (Å²) in [4.78, 5) is 0. The second-order valence-corrected chi connectivity index (χ2v) is 5.54. The normalized spacial score (nSPS) is 12.9. The van der Waals surface area contributed by atoms with Crippen molar-refractivity contribution in [2.75, 3.05) is 6.54 Å². The summed E-state index contributed by atoms with van der Waals surface area (Å²) in [6.07, 6.45) is 0. The van der Waals surface area contributed by atoms with Crippen molar-refractivity contribution in [3.8, 4) is 0 Å². The molecule has 0 bridgehead atoms. The van der Waals surface area contributed by atoms with Gasteiger partial charge in [-0.3, -0.25) is 0 Å². The lowest BCUT2D eigenvalue weighted by molar-refractivity contribution is 0.436. The highest BCUT2D eigenvalue weighted by atomic mass is 32.1. The van der Waals surface area contributed by atoms with Crippen LogP contribution in [0, 0.1) is 6.92 Å². The number of rotatable bonds is 4. The molecule has 0 saturated heterocycles. The topological polar surface area (TPSA) is 25.2 Å². The first kappa shape index (κ1) is 12.5. The fourth-order valence-electron chi connectivity index (χ4n) is 2.42. The Morgan fingerprint density at radius 3 is 2.84 bits per heavy atom. The van der Waals surface area contributed by atoms with Crippen LogP contribution in [-0.2, 0) is 0 Å². The van der Waals surface area contributed by atoms with Gasteiger partial charge in [-0.05, 0) is 48.0 Å². The minimum atomic E-state index is 0.126. The number of benzene rings is 1. The van der Waals surface area contributed by atoms with Crippen LogP contribution < -0.4 is 5.32 Å². The van der Waals surface area contributed by atoms with Gasteiger partial charge >= 0.3 is 0 Å². The van der Waals surface area contributed by atoms with E-state index in [4.69, 9.17) is 4.42 Å². The predicted octanol–water partition coefficient (Wildman–Crippen LogP) is 4.50. The first-order valence-electron chi connectivity index (χ1n) is 6.55. The van der Waals surface area contributed by atoms with Gasteiger partial charge in [0.25, 0.3) is 0 Å². The third kappa shape index (κ3) is 2.31. The van der Waals surface area contributed by atoms with E-state index in [0.29, 0.717) is 0 Å². The SMILES string of the molecule is CCNC(c1ccc(C)o1)c1cccc2ccsc12. The molecule has 2 nitrogen and oxygen atoms in total. The summed E-state index contributed by atoms with van der Waals surface area (Å²) in [5.74, 6) is 1.94. The first-order valence-corrected chi connectivity index (χ1v) is 7.43. The van der Waals surface area contributed by atoms with Gasteiger partial charge in [-0.15, -0.1) is 11.3 Å². The maximum Gasteiger partial charge on any atom is 0.125 e. The molecule has 3 rings (SSSR count). The summed E-state index contributed by atoms with van der Waals surface area (Å²) >= 11 is 1.79. The zero-order valence-electron chi connectivity index (χ0n) is 11.1. The second kappa shape index (κ2) is 5.19.